The molecule has 3 rings (SSSR count). The Morgan fingerprint density at radius 3 is 2.83 bits per heavy atom. The van der Waals surface area contributed by atoms with Crippen LogP contribution in [0, 0.1) is 5.92 Å². The number of hydrogen-bond acceptors (Lipinski definition) is 2. The van der Waals surface area contributed by atoms with Gasteiger partial charge in [-0.2, -0.15) is 0 Å². The lowest BCUT2D eigenvalue weighted by Crippen LogP contribution is -2.28. The number of nitrogens with two attached hydrogens (primary N) is 1. The molecule has 18 heavy (non-hydrogen) atoms. The van der Waals surface area contributed by atoms with Crippen molar-refractivity contribution >= 4 is 27.3 Å². The fraction of sp³-hybridized carbons (Fsp3) is 0.333. The number of hydrogen-bond donors (Lipinski definition) is 1. The highest BCUT2D eigenvalue weighted by atomic mass is 79.9. The van der Waals surface area contributed by atoms with E-state index in [-0.39, 0.29) is 6.04 Å². The van der Waals surface area contributed by atoms with E-state index in [1.54, 1.807) is 0 Å². The monoisotopic (exact) mass is 321 g/mol. The van der Waals surface area contributed by atoms with Gasteiger partial charge in [-0.05, 0) is 64.4 Å². The fourth-order valence-electron chi connectivity index (χ4n) is 2.81. The zero-order valence-electron chi connectivity index (χ0n) is 10.1. The minimum Gasteiger partial charge on any atom is -0.324 e. The molecule has 0 bridgehead atoms. The minimum absolute atomic E-state index is 0.191. The quantitative estimate of drug-likeness (QED) is 0.876. The maximum absolute atomic E-state index is 6.44. The van der Waals surface area contributed by atoms with Gasteiger partial charge in [-0.15, -0.1) is 11.3 Å². The van der Waals surface area contributed by atoms with Crippen molar-refractivity contribution in [2.45, 2.75) is 25.3 Å². The van der Waals surface area contributed by atoms with Crippen molar-refractivity contribution < 1.29 is 0 Å². The van der Waals surface area contributed by atoms with E-state index in [1.165, 1.54) is 32.6 Å². The molecule has 1 nitrogen and oxygen atoms in total. The van der Waals surface area contributed by atoms with Gasteiger partial charge in [0.1, 0.15) is 0 Å². The van der Waals surface area contributed by atoms with Gasteiger partial charge < -0.3 is 5.73 Å². The fourth-order valence-corrected chi connectivity index (χ4v) is 4.39. The summed E-state index contributed by atoms with van der Waals surface area (Å²) in [5, 5.41) is 0. The average Bonchev–Trinajstić information content (AvgIpc) is 2.79. The van der Waals surface area contributed by atoms with Crippen molar-refractivity contribution in [3.63, 3.8) is 0 Å². The molecule has 1 aliphatic carbocycles. The van der Waals surface area contributed by atoms with E-state index in [9.17, 15) is 0 Å². The molecule has 1 aliphatic rings. The summed E-state index contributed by atoms with van der Waals surface area (Å²) in [5.41, 5.74) is 9.23. The Bertz CT molecular complexity index is 549. The second-order valence-corrected chi connectivity index (χ2v) is 7.48. The average molecular weight is 322 g/mol. The summed E-state index contributed by atoms with van der Waals surface area (Å²) in [7, 11) is 0. The van der Waals surface area contributed by atoms with Gasteiger partial charge in [0.05, 0.1) is 3.79 Å². The SMILES string of the molecule is NC1c2ccccc2CCC1Cc1ccc(Br)s1. The first-order valence-electron chi connectivity index (χ1n) is 6.31. The molecule has 1 aromatic carbocycles. The Labute approximate surface area is 120 Å². The zero-order chi connectivity index (χ0) is 12.5. The third-order valence-corrected chi connectivity index (χ3v) is 5.44. The van der Waals surface area contributed by atoms with Gasteiger partial charge >= 0.3 is 0 Å². The number of fused-ring (bicyclic) bond motifs is 1. The molecular formula is C15H16BrNS. The Hall–Kier alpha value is -0.640. The number of thiophene rings is 1. The topological polar surface area (TPSA) is 26.0 Å². The van der Waals surface area contributed by atoms with Crippen molar-refractivity contribution in [3.8, 4) is 0 Å². The lowest BCUT2D eigenvalue weighted by atomic mass is 9.78. The third kappa shape index (κ3) is 2.40. The summed E-state index contributed by atoms with van der Waals surface area (Å²) in [5.74, 6) is 0.574. The Morgan fingerprint density at radius 2 is 2.06 bits per heavy atom. The summed E-state index contributed by atoms with van der Waals surface area (Å²) in [4.78, 5) is 1.43. The van der Waals surface area contributed by atoms with Gasteiger partial charge in [-0.25, -0.2) is 0 Å². The maximum Gasteiger partial charge on any atom is 0.0701 e. The van der Waals surface area contributed by atoms with E-state index in [0.29, 0.717) is 5.92 Å². The van der Waals surface area contributed by atoms with Crippen molar-refractivity contribution in [2.75, 3.05) is 0 Å². The molecule has 2 N–H and O–H groups in total. The first-order valence-corrected chi connectivity index (χ1v) is 7.92. The molecular weight excluding hydrogens is 306 g/mol. The first kappa shape index (κ1) is 12.4. The number of rotatable bonds is 2. The number of aryl methyl sites for hydroxylation is 1. The van der Waals surface area contributed by atoms with Gasteiger partial charge in [-0.3, -0.25) is 0 Å². The summed E-state index contributed by atoms with van der Waals surface area (Å²) in [6.07, 6.45) is 3.47. The van der Waals surface area contributed by atoms with Crippen LogP contribution in [-0.2, 0) is 12.8 Å². The van der Waals surface area contributed by atoms with Crippen LogP contribution < -0.4 is 5.73 Å². The summed E-state index contributed by atoms with van der Waals surface area (Å²) >= 11 is 5.35. The van der Waals surface area contributed by atoms with Crippen molar-refractivity contribution in [1.82, 2.24) is 0 Å². The van der Waals surface area contributed by atoms with Crippen LogP contribution in [0.1, 0.15) is 28.5 Å². The molecule has 0 amide bonds. The van der Waals surface area contributed by atoms with Crippen LogP contribution in [0.25, 0.3) is 0 Å². The largest absolute Gasteiger partial charge is 0.324 e. The summed E-state index contributed by atoms with van der Waals surface area (Å²) in [6, 6.07) is 13.1. The van der Waals surface area contributed by atoms with Gasteiger partial charge in [0.15, 0.2) is 0 Å². The molecule has 1 aromatic heterocycles. The highest BCUT2D eigenvalue weighted by molar-refractivity contribution is 9.11. The van der Waals surface area contributed by atoms with Crippen LogP contribution in [0.4, 0.5) is 0 Å². The van der Waals surface area contributed by atoms with Crippen LogP contribution >= 0.6 is 27.3 Å². The highest BCUT2D eigenvalue weighted by Crippen LogP contribution is 2.36. The molecule has 0 saturated carbocycles. The molecule has 0 fully saturated rings. The highest BCUT2D eigenvalue weighted by Gasteiger charge is 2.26. The maximum atomic E-state index is 6.44. The lowest BCUT2D eigenvalue weighted by Gasteiger charge is -2.30. The zero-order valence-corrected chi connectivity index (χ0v) is 12.5. The molecule has 2 unspecified atom stereocenters. The van der Waals surface area contributed by atoms with Crippen LogP contribution in [0.2, 0.25) is 0 Å². The molecule has 2 aromatic rings. The van der Waals surface area contributed by atoms with E-state index in [4.69, 9.17) is 5.73 Å². The number of benzene rings is 1. The van der Waals surface area contributed by atoms with E-state index in [0.717, 1.165) is 6.42 Å². The third-order valence-electron chi connectivity index (χ3n) is 3.80. The van der Waals surface area contributed by atoms with Crippen molar-refractivity contribution in [3.05, 3.63) is 56.2 Å². The predicted octanol–water partition coefficient (Wildman–Crippen LogP) is 4.32. The van der Waals surface area contributed by atoms with E-state index >= 15 is 0 Å². The normalized spacial score (nSPS) is 22.8. The molecule has 0 spiro atoms. The van der Waals surface area contributed by atoms with Gasteiger partial charge in [0.2, 0.25) is 0 Å². The first-order chi connectivity index (χ1) is 8.74. The predicted molar refractivity (Wildman–Crippen MR) is 80.9 cm³/mol. The standard InChI is InChI=1S/C15H16BrNS/c16-14-8-7-12(18-14)9-11-6-5-10-3-1-2-4-13(10)15(11)17/h1-4,7-8,11,15H,5-6,9,17H2. The smallest absolute Gasteiger partial charge is 0.0701 e. The van der Waals surface area contributed by atoms with Crippen LogP contribution in [0.3, 0.4) is 0 Å². The number of halogens is 1. The van der Waals surface area contributed by atoms with E-state index < -0.39 is 0 Å². The molecule has 0 saturated heterocycles. The Kier molecular flexibility index (Phi) is 3.55. The lowest BCUT2D eigenvalue weighted by molar-refractivity contribution is 0.378. The molecule has 0 aliphatic heterocycles. The second kappa shape index (κ2) is 5.16. The summed E-state index contributed by atoms with van der Waals surface area (Å²) < 4.78 is 1.21. The van der Waals surface area contributed by atoms with Crippen LogP contribution in [0.5, 0.6) is 0 Å². The van der Waals surface area contributed by atoms with Crippen molar-refractivity contribution in [2.24, 2.45) is 11.7 Å². The Morgan fingerprint density at radius 1 is 1.22 bits per heavy atom. The Balaban J connectivity index is 1.80. The molecule has 0 radical (unpaired) electrons. The van der Waals surface area contributed by atoms with E-state index in [1.807, 2.05) is 11.3 Å². The minimum atomic E-state index is 0.191. The second-order valence-electron chi connectivity index (χ2n) is 4.93. The van der Waals surface area contributed by atoms with Gasteiger partial charge in [0, 0.05) is 10.9 Å². The van der Waals surface area contributed by atoms with Gasteiger partial charge in [0.25, 0.3) is 0 Å². The molecule has 94 valence electrons. The van der Waals surface area contributed by atoms with Crippen LogP contribution in [0.15, 0.2) is 40.2 Å². The van der Waals surface area contributed by atoms with Crippen molar-refractivity contribution in [1.29, 1.82) is 0 Å². The summed E-state index contributed by atoms with van der Waals surface area (Å²) in [6.45, 7) is 0. The molecule has 1 heterocycles. The molecule has 3 heteroatoms. The molecule has 2 atom stereocenters. The van der Waals surface area contributed by atoms with Crippen LogP contribution in [-0.4, -0.2) is 0 Å². The van der Waals surface area contributed by atoms with E-state index in [2.05, 4.69) is 52.3 Å². The van der Waals surface area contributed by atoms with Gasteiger partial charge in [-0.1, -0.05) is 24.3 Å².